The molecule has 46 heavy (non-hydrogen) atoms. The Balaban J connectivity index is 2.25. The van der Waals surface area contributed by atoms with Crippen molar-refractivity contribution in [1.82, 2.24) is 31.5 Å². The van der Waals surface area contributed by atoms with Crippen LogP contribution >= 0.6 is 0 Å². The smallest absolute Gasteiger partial charge is 0.326 e. The fourth-order valence-electron chi connectivity index (χ4n) is 6.00. The first-order valence-electron chi connectivity index (χ1n) is 16.2. The number of hydrogen-bond donors (Lipinski definition) is 7. The molecule has 1 aliphatic heterocycles. The average Bonchev–Trinajstić information content (AvgIpc) is 3.50. The number of rotatable bonds is 15. The summed E-state index contributed by atoms with van der Waals surface area (Å²) in [6.07, 6.45) is 3.23. The zero-order valence-electron chi connectivity index (χ0n) is 27.8. The molecule has 0 aromatic rings. The summed E-state index contributed by atoms with van der Waals surface area (Å²) in [7, 11) is 0. The summed E-state index contributed by atoms with van der Waals surface area (Å²) in [4.78, 5) is 90.9. The van der Waals surface area contributed by atoms with Gasteiger partial charge in [-0.25, -0.2) is 9.59 Å². The topological polar surface area (TPSA) is 223 Å². The highest BCUT2D eigenvalue weighted by Gasteiger charge is 2.36. The number of likely N-dealkylation sites (tertiary alicyclic amines) is 1. The van der Waals surface area contributed by atoms with Crippen LogP contribution in [0, 0.1) is 23.7 Å². The minimum atomic E-state index is -1.70. The normalized spacial score (nSPS) is 21.1. The molecule has 2 fully saturated rings. The van der Waals surface area contributed by atoms with Crippen LogP contribution in [0.2, 0.25) is 0 Å². The van der Waals surface area contributed by atoms with E-state index in [1.165, 1.54) is 0 Å². The van der Waals surface area contributed by atoms with Gasteiger partial charge in [-0.1, -0.05) is 48.0 Å². The molecule has 0 radical (unpaired) electrons. The van der Waals surface area contributed by atoms with Crippen molar-refractivity contribution in [2.24, 2.45) is 23.7 Å². The van der Waals surface area contributed by atoms with E-state index in [1.807, 2.05) is 0 Å². The van der Waals surface area contributed by atoms with Gasteiger partial charge in [0.1, 0.15) is 24.2 Å². The highest BCUT2D eigenvalue weighted by atomic mass is 16.4. The molecule has 6 atom stereocenters. The number of hydrogen-bond acceptors (Lipinski definition) is 7. The number of carbonyl (C=O) groups excluding carboxylic acids is 5. The van der Waals surface area contributed by atoms with Crippen molar-refractivity contribution < 1.29 is 43.8 Å². The molecule has 1 saturated heterocycles. The van der Waals surface area contributed by atoms with Crippen LogP contribution in [0.5, 0.6) is 0 Å². The molecule has 0 aromatic heterocycles. The first-order valence-corrected chi connectivity index (χ1v) is 16.2. The molecule has 0 bridgehead atoms. The lowest BCUT2D eigenvalue weighted by Crippen LogP contribution is -2.61. The van der Waals surface area contributed by atoms with E-state index >= 15 is 0 Å². The van der Waals surface area contributed by atoms with Crippen LogP contribution in [0.1, 0.15) is 86.5 Å². The van der Waals surface area contributed by atoms with Gasteiger partial charge in [-0.2, -0.15) is 0 Å². The first-order chi connectivity index (χ1) is 21.5. The molecule has 1 heterocycles. The van der Waals surface area contributed by atoms with Crippen LogP contribution in [0.15, 0.2) is 0 Å². The molecule has 0 aromatic carbocycles. The number of aliphatic carboxylic acids is 2. The molecule has 15 heteroatoms. The van der Waals surface area contributed by atoms with Crippen LogP contribution in [0.3, 0.4) is 0 Å². The third kappa shape index (κ3) is 11.5. The molecule has 2 rings (SSSR count). The second-order valence-corrected chi connectivity index (χ2v) is 13.3. The fourth-order valence-corrected chi connectivity index (χ4v) is 6.00. The van der Waals surface area contributed by atoms with Crippen LogP contribution in [-0.4, -0.2) is 100 Å². The fraction of sp³-hybridized carbons (Fsp3) is 0.774. The van der Waals surface area contributed by atoms with Crippen molar-refractivity contribution in [2.75, 3.05) is 13.1 Å². The summed E-state index contributed by atoms with van der Waals surface area (Å²) in [5, 5.41) is 31.6. The molecule has 0 unspecified atom stereocenters. The number of amides is 6. The van der Waals surface area contributed by atoms with Gasteiger partial charge >= 0.3 is 18.0 Å². The Morgan fingerprint density at radius 1 is 0.674 bits per heavy atom. The van der Waals surface area contributed by atoms with Crippen molar-refractivity contribution in [3.63, 3.8) is 0 Å². The highest BCUT2D eigenvalue weighted by Crippen LogP contribution is 2.28. The van der Waals surface area contributed by atoms with Crippen molar-refractivity contribution in [2.45, 2.75) is 117 Å². The highest BCUT2D eigenvalue weighted by molar-refractivity contribution is 5.98. The molecule has 1 saturated carbocycles. The summed E-state index contributed by atoms with van der Waals surface area (Å²) in [6.45, 7) is 11.6. The molecule has 7 N–H and O–H groups in total. The Morgan fingerprint density at radius 2 is 1.17 bits per heavy atom. The third-order valence-electron chi connectivity index (χ3n) is 8.79. The van der Waals surface area contributed by atoms with Crippen LogP contribution in [0.25, 0.3) is 0 Å². The van der Waals surface area contributed by atoms with Gasteiger partial charge in [-0.15, -0.1) is 0 Å². The summed E-state index contributed by atoms with van der Waals surface area (Å²) in [6, 6.07) is -6.27. The van der Waals surface area contributed by atoms with E-state index in [2.05, 4.69) is 40.4 Å². The molecule has 260 valence electrons. The molecule has 0 spiro atoms. The molecular weight excluding hydrogens is 600 g/mol. The van der Waals surface area contributed by atoms with E-state index in [1.54, 1.807) is 32.6 Å². The van der Waals surface area contributed by atoms with Crippen LogP contribution in [-0.2, 0) is 28.8 Å². The van der Waals surface area contributed by atoms with Crippen molar-refractivity contribution in [3.8, 4) is 0 Å². The van der Waals surface area contributed by atoms with Gasteiger partial charge in [0.15, 0.2) is 0 Å². The lowest BCUT2D eigenvalue weighted by atomic mass is 9.79. The number of nitrogens with zero attached hydrogens (tertiary/aromatic N) is 1. The molecule has 15 nitrogen and oxygen atoms in total. The van der Waals surface area contributed by atoms with Gasteiger partial charge in [-0.05, 0) is 49.4 Å². The molecular formula is C31H52N6O9. The van der Waals surface area contributed by atoms with Crippen molar-refractivity contribution in [3.05, 3.63) is 0 Å². The van der Waals surface area contributed by atoms with E-state index in [-0.39, 0.29) is 17.9 Å². The maximum atomic E-state index is 13.6. The second kappa shape index (κ2) is 17.7. The quantitative estimate of drug-likeness (QED) is 0.133. The molecule has 1 aliphatic carbocycles. The lowest BCUT2D eigenvalue weighted by molar-refractivity contribution is -0.145. The predicted molar refractivity (Wildman–Crippen MR) is 167 cm³/mol. The standard InChI is InChI=1S/C31H52N6O9/c1-16(2)24(35-31(46)36-26-18(5)10-9-11-19(26)6)29(43)33-20(14-22(38)37-12-7-8-13-37)27(41)32-21(15-23(39)40)28(42)34-25(17(3)4)30(44)45/h16-21,24-26H,7-15H2,1-6H3,(H,32,41)(H,33,43)(H,34,42)(H,39,40)(H,44,45)(H2,35,36,46)/t18-,19-,20-,21-,24-,25-/m0/s1. The predicted octanol–water partition coefficient (Wildman–Crippen LogP) is 0.817. The van der Waals surface area contributed by atoms with Crippen molar-refractivity contribution >= 4 is 41.6 Å². The molecule has 6 amide bonds. The number of carboxylic acids is 2. The number of urea groups is 1. The van der Waals surface area contributed by atoms with E-state index < -0.39 is 90.4 Å². The Morgan fingerprint density at radius 3 is 1.67 bits per heavy atom. The van der Waals surface area contributed by atoms with Gasteiger partial charge in [0.25, 0.3) is 0 Å². The van der Waals surface area contributed by atoms with Gasteiger partial charge in [-0.3, -0.25) is 24.0 Å². The summed E-state index contributed by atoms with van der Waals surface area (Å²) >= 11 is 0. The largest absolute Gasteiger partial charge is 0.481 e. The first kappa shape index (κ1) is 38.3. The van der Waals surface area contributed by atoms with E-state index in [0.29, 0.717) is 13.1 Å². The number of carbonyl (C=O) groups is 7. The average molecular weight is 653 g/mol. The van der Waals surface area contributed by atoms with Gasteiger partial charge in [0.2, 0.25) is 23.6 Å². The Kier molecular flexibility index (Phi) is 14.7. The lowest BCUT2D eigenvalue weighted by Gasteiger charge is -2.35. The summed E-state index contributed by atoms with van der Waals surface area (Å²) in [5.74, 6) is -6.44. The van der Waals surface area contributed by atoms with Crippen LogP contribution in [0.4, 0.5) is 4.79 Å². The maximum absolute atomic E-state index is 13.6. The Hall–Kier alpha value is -3.91. The summed E-state index contributed by atoms with van der Waals surface area (Å²) < 4.78 is 0. The van der Waals surface area contributed by atoms with Gasteiger partial charge < -0.3 is 41.7 Å². The zero-order chi connectivity index (χ0) is 34.7. The number of carboxylic acid groups (broad SMARTS) is 2. The maximum Gasteiger partial charge on any atom is 0.326 e. The van der Waals surface area contributed by atoms with E-state index in [9.17, 15) is 43.8 Å². The Labute approximate surface area is 270 Å². The van der Waals surface area contributed by atoms with E-state index in [0.717, 1.165) is 32.1 Å². The second-order valence-electron chi connectivity index (χ2n) is 13.3. The Bertz CT molecular complexity index is 1110. The van der Waals surface area contributed by atoms with E-state index in [4.69, 9.17) is 0 Å². The number of nitrogens with one attached hydrogen (secondary N) is 5. The minimum Gasteiger partial charge on any atom is -0.481 e. The molecule has 2 aliphatic rings. The van der Waals surface area contributed by atoms with Gasteiger partial charge in [0, 0.05) is 19.1 Å². The van der Waals surface area contributed by atoms with Crippen molar-refractivity contribution in [1.29, 1.82) is 0 Å². The summed E-state index contributed by atoms with van der Waals surface area (Å²) in [5.41, 5.74) is 0. The van der Waals surface area contributed by atoms with Gasteiger partial charge in [0.05, 0.1) is 12.8 Å². The third-order valence-corrected chi connectivity index (χ3v) is 8.79. The minimum absolute atomic E-state index is 0.0741. The SMILES string of the molecule is CC(C)[C@H](NC(=O)[C@H](CC(=O)O)NC(=O)[C@H](CC(=O)N1CCCC1)NC(=O)[C@@H](NC(=O)NC1[C@@H](C)CCC[C@@H]1C)C(C)C)C(=O)O. The zero-order valence-corrected chi connectivity index (χ0v) is 27.8. The monoisotopic (exact) mass is 652 g/mol. The van der Waals surface area contributed by atoms with Crippen LogP contribution < -0.4 is 26.6 Å².